The lowest BCUT2D eigenvalue weighted by molar-refractivity contribution is 0.0932. The van der Waals surface area contributed by atoms with E-state index >= 15 is 0 Å². The molecule has 2 aromatic carbocycles. The molecule has 0 saturated carbocycles. The molecule has 29 heavy (non-hydrogen) atoms. The van der Waals surface area contributed by atoms with Crippen LogP contribution in [-0.4, -0.2) is 36.8 Å². The van der Waals surface area contributed by atoms with Crippen molar-refractivity contribution in [1.82, 2.24) is 10.3 Å². The second-order valence-corrected chi connectivity index (χ2v) is 7.04. The van der Waals surface area contributed by atoms with Crippen molar-refractivity contribution in [2.45, 2.75) is 12.5 Å². The van der Waals surface area contributed by atoms with Crippen LogP contribution in [0, 0.1) is 0 Å². The molecule has 6 heteroatoms. The molecule has 0 fully saturated rings. The van der Waals surface area contributed by atoms with E-state index in [-0.39, 0.29) is 12.0 Å². The zero-order chi connectivity index (χ0) is 19.6. The summed E-state index contributed by atoms with van der Waals surface area (Å²) in [6.45, 7) is 1.45. The highest BCUT2D eigenvalue weighted by molar-refractivity contribution is 5.95. The van der Waals surface area contributed by atoms with Crippen molar-refractivity contribution in [3.8, 4) is 28.4 Å². The number of benzene rings is 2. The summed E-state index contributed by atoms with van der Waals surface area (Å²) in [6, 6.07) is 15.3. The van der Waals surface area contributed by atoms with Crippen LogP contribution in [0.4, 0.5) is 0 Å². The highest BCUT2D eigenvalue weighted by Crippen LogP contribution is 2.38. The first kappa shape index (κ1) is 17.6. The van der Waals surface area contributed by atoms with Crippen molar-refractivity contribution in [3.05, 3.63) is 72.1 Å². The Labute approximate surface area is 168 Å². The fourth-order valence-electron chi connectivity index (χ4n) is 3.70. The largest absolute Gasteiger partial charge is 0.487 e. The fraction of sp³-hybridized carbons (Fsp3) is 0.217. The first-order valence-corrected chi connectivity index (χ1v) is 9.65. The molecule has 0 spiro atoms. The average molecular weight is 388 g/mol. The lowest BCUT2D eigenvalue weighted by Crippen LogP contribution is -2.34. The number of pyridine rings is 1. The van der Waals surface area contributed by atoms with E-state index in [0.717, 1.165) is 28.9 Å². The number of hydrogen-bond acceptors (Lipinski definition) is 5. The molecular formula is C23H20N2O4. The SMILES string of the molecule is O=C(NC[C@@H]1Cc2cccc(-c3ccncc3)c2O1)c1ccc2c(c1)OCCO2. The summed E-state index contributed by atoms with van der Waals surface area (Å²) in [5.74, 6) is 2.01. The third-order valence-corrected chi connectivity index (χ3v) is 5.11. The summed E-state index contributed by atoms with van der Waals surface area (Å²) in [7, 11) is 0. The molecular weight excluding hydrogens is 368 g/mol. The molecule has 2 aliphatic heterocycles. The van der Waals surface area contributed by atoms with Gasteiger partial charge in [0, 0.05) is 29.9 Å². The van der Waals surface area contributed by atoms with E-state index in [1.807, 2.05) is 24.3 Å². The minimum Gasteiger partial charge on any atom is -0.487 e. The summed E-state index contributed by atoms with van der Waals surface area (Å²) in [5, 5.41) is 2.97. The van der Waals surface area contributed by atoms with E-state index in [0.29, 0.717) is 36.8 Å². The zero-order valence-corrected chi connectivity index (χ0v) is 15.8. The van der Waals surface area contributed by atoms with Crippen molar-refractivity contribution >= 4 is 5.91 Å². The number of fused-ring (bicyclic) bond motifs is 2. The summed E-state index contributed by atoms with van der Waals surface area (Å²) in [5.41, 5.74) is 3.81. The Bertz CT molecular complexity index is 1050. The normalized spacial score (nSPS) is 16.6. The number of nitrogens with one attached hydrogen (secondary N) is 1. The number of ether oxygens (including phenoxy) is 3. The number of amides is 1. The molecule has 146 valence electrons. The van der Waals surface area contributed by atoms with Crippen LogP contribution in [0.1, 0.15) is 15.9 Å². The predicted molar refractivity (Wildman–Crippen MR) is 108 cm³/mol. The van der Waals surface area contributed by atoms with Gasteiger partial charge in [-0.2, -0.15) is 0 Å². The topological polar surface area (TPSA) is 69.7 Å². The van der Waals surface area contributed by atoms with Gasteiger partial charge in [-0.15, -0.1) is 0 Å². The van der Waals surface area contributed by atoms with Crippen molar-refractivity contribution in [1.29, 1.82) is 0 Å². The maximum Gasteiger partial charge on any atom is 0.251 e. The van der Waals surface area contributed by atoms with Crippen LogP contribution in [0.15, 0.2) is 60.9 Å². The smallest absolute Gasteiger partial charge is 0.251 e. The third kappa shape index (κ3) is 3.49. The van der Waals surface area contributed by atoms with Crippen LogP contribution in [0.3, 0.4) is 0 Å². The van der Waals surface area contributed by atoms with Crippen LogP contribution in [-0.2, 0) is 6.42 Å². The quantitative estimate of drug-likeness (QED) is 0.743. The van der Waals surface area contributed by atoms with Gasteiger partial charge in [-0.25, -0.2) is 0 Å². The maximum atomic E-state index is 12.6. The van der Waals surface area contributed by atoms with E-state index in [9.17, 15) is 4.79 Å². The van der Waals surface area contributed by atoms with Crippen LogP contribution >= 0.6 is 0 Å². The molecule has 0 saturated heterocycles. The molecule has 1 amide bonds. The Balaban J connectivity index is 1.26. The molecule has 6 nitrogen and oxygen atoms in total. The fourth-order valence-corrected chi connectivity index (χ4v) is 3.70. The second kappa shape index (κ2) is 7.47. The molecule has 0 aliphatic carbocycles. The Morgan fingerprint density at radius 2 is 1.86 bits per heavy atom. The Kier molecular flexibility index (Phi) is 4.52. The highest BCUT2D eigenvalue weighted by atomic mass is 16.6. The molecule has 5 rings (SSSR count). The van der Waals surface area contributed by atoms with Gasteiger partial charge in [0.25, 0.3) is 5.91 Å². The highest BCUT2D eigenvalue weighted by Gasteiger charge is 2.26. The molecule has 1 N–H and O–H groups in total. The molecule has 0 radical (unpaired) electrons. The Hall–Kier alpha value is -3.54. The van der Waals surface area contributed by atoms with Gasteiger partial charge in [0.1, 0.15) is 25.1 Å². The minimum absolute atomic E-state index is 0.103. The van der Waals surface area contributed by atoms with E-state index in [2.05, 4.69) is 16.4 Å². The summed E-state index contributed by atoms with van der Waals surface area (Å²) < 4.78 is 17.2. The van der Waals surface area contributed by atoms with Crippen LogP contribution in [0.2, 0.25) is 0 Å². The lowest BCUT2D eigenvalue weighted by Gasteiger charge is -2.19. The monoisotopic (exact) mass is 388 g/mol. The predicted octanol–water partition coefficient (Wildman–Crippen LogP) is 3.25. The van der Waals surface area contributed by atoms with Gasteiger partial charge in [0.15, 0.2) is 11.5 Å². The van der Waals surface area contributed by atoms with Gasteiger partial charge < -0.3 is 19.5 Å². The number of para-hydroxylation sites is 1. The molecule has 1 atom stereocenters. The molecule has 1 aromatic heterocycles. The summed E-state index contributed by atoms with van der Waals surface area (Å²) >= 11 is 0. The van der Waals surface area contributed by atoms with Crippen LogP contribution in [0.5, 0.6) is 17.2 Å². The molecule has 3 aromatic rings. The van der Waals surface area contributed by atoms with Gasteiger partial charge in [-0.05, 0) is 41.5 Å². The van der Waals surface area contributed by atoms with E-state index in [4.69, 9.17) is 14.2 Å². The molecule has 0 unspecified atom stereocenters. The number of nitrogens with zero attached hydrogens (tertiary/aromatic N) is 1. The van der Waals surface area contributed by atoms with Crippen molar-refractivity contribution in [3.63, 3.8) is 0 Å². The van der Waals surface area contributed by atoms with Gasteiger partial charge in [0.05, 0.1) is 6.54 Å². The van der Waals surface area contributed by atoms with Crippen molar-refractivity contribution in [2.24, 2.45) is 0 Å². The van der Waals surface area contributed by atoms with Crippen LogP contribution < -0.4 is 19.5 Å². The van der Waals surface area contributed by atoms with Crippen LogP contribution in [0.25, 0.3) is 11.1 Å². The van der Waals surface area contributed by atoms with Gasteiger partial charge in [0.2, 0.25) is 0 Å². The number of carbonyl (C=O) groups excluding carboxylic acids is 1. The third-order valence-electron chi connectivity index (χ3n) is 5.11. The van der Waals surface area contributed by atoms with Crippen molar-refractivity contribution < 1.29 is 19.0 Å². The van der Waals surface area contributed by atoms with Crippen molar-refractivity contribution in [2.75, 3.05) is 19.8 Å². The molecule has 0 bridgehead atoms. The summed E-state index contributed by atoms with van der Waals surface area (Å²) in [4.78, 5) is 16.7. The molecule has 3 heterocycles. The second-order valence-electron chi connectivity index (χ2n) is 7.04. The number of aromatic nitrogens is 1. The van der Waals surface area contributed by atoms with Gasteiger partial charge in [-0.1, -0.05) is 18.2 Å². The number of carbonyl (C=O) groups is 1. The first-order valence-electron chi connectivity index (χ1n) is 9.65. The molecule has 2 aliphatic rings. The Morgan fingerprint density at radius 3 is 2.72 bits per heavy atom. The van der Waals surface area contributed by atoms with E-state index < -0.39 is 0 Å². The maximum absolute atomic E-state index is 12.6. The zero-order valence-electron chi connectivity index (χ0n) is 15.8. The van der Waals surface area contributed by atoms with Gasteiger partial charge in [-0.3, -0.25) is 9.78 Å². The van der Waals surface area contributed by atoms with E-state index in [1.54, 1.807) is 30.6 Å². The number of hydrogen-bond donors (Lipinski definition) is 1. The standard InChI is InChI=1S/C23H20N2O4/c26-23(17-4-5-20-21(13-17)28-11-10-27-20)25-14-18-12-16-2-1-3-19(22(16)29-18)15-6-8-24-9-7-15/h1-9,13,18H,10-12,14H2,(H,25,26)/t18-/m0/s1. The minimum atomic E-state index is -0.157. The van der Waals surface area contributed by atoms with E-state index in [1.165, 1.54) is 0 Å². The first-order chi connectivity index (χ1) is 14.3. The average Bonchev–Trinajstić information content (AvgIpc) is 3.21. The lowest BCUT2D eigenvalue weighted by atomic mass is 10.0. The summed E-state index contributed by atoms with van der Waals surface area (Å²) in [6.07, 6.45) is 4.20. The number of rotatable bonds is 4. The van der Waals surface area contributed by atoms with Gasteiger partial charge >= 0.3 is 0 Å². The Morgan fingerprint density at radius 1 is 1.03 bits per heavy atom.